The smallest absolute Gasteiger partial charge is 0.122 e. The van der Waals surface area contributed by atoms with Crippen LogP contribution in [0, 0.1) is 11.8 Å². The highest BCUT2D eigenvalue weighted by molar-refractivity contribution is 5.05. The highest BCUT2D eigenvalue weighted by Crippen LogP contribution is 2.57. The largest absolute Gasteiger partial charge is 0.354 e. The van der Waals surface area contributed by atoms with Crippen LogP contribution in [-0.4, -0.2) is 30.3 Å². The Morgan fingerprint density at radius 3 is 2.07 bits per heavy atom. The molecule has 0 aromatic rings. The summed E-state index contributed by atoms with van der Waals surface area (Å²) in [6, 6.07) is 0. The zero-order chi connectivity index (χ0) is 9.97. The molecule has 2 heterocycles. The van der Waals surface area contributed by atoms with E-state index in [4.69, 9.17) is 4.74 Å². The molecule has 0 aromatic heterocycles. The van der Waals surface area contributed by atoms with Gasteiger partial charge in [-0.2, -0.15) is 0 Å². The van der Waals surface area contributed by atoms with Gasteiger partial charge in [-0.1, -0.05) is 0 Å². The van der Waals surface area contributed by atoms with Gasteiger partial charge < -0.3 is 4.74 Å². The van der Waals surface area contributed by atoms with Crippen LogP contribution in [0.2, 0.25) is 0 Å². The maximum absolute atomic E-state index is 6.39. The highest BCUT2D eigenvalue weighted by Gasteiger charge is 2.57. The molecule has 80 valence electrons. The van der Waals surface area contributed by atoms with Gasteiger partial charge in [-0.05, 0) is 65.0 Å². The molecule has 2 saturated carbocycles. The lowest BCUT2D eigenvalue weighted by atomic mass is 9.60. The summed E-state index contributed by atoms with van der Waals surface area (Å²) in [5.41, 5.74) is 0.299. The molecule has 0 aromatic carbocycles. The van der Waals surface area contributed by atoms with E-state index >= 15 is 0 Å². The molecule has 0 amide bonds. The van der Waals surface area contributed by atoms with E-state index in [2.05, 4.69) is 25.9 Å². The summed E-state index contributed by atoms with van der Waals surface area (Å²) in [5, 5.41) is 0. The normalized spacial score (nSPS) is 55.7. The van der Waals surface area contributed by atoms with Crippen molar-refractivity contribution in [2.45, 2.75) is 50.4 Å². The van der Waals surface area contributed by atoms with Crippen LogP contribution in [0.4, 0.5) is 0 Å². The zero-order valence-electron chi connectivity index (χ0n) is 9.55. The Hall–Kier alpha value is -0.0800. The third-order valence-corrected chi connectivity index (χ3v) is 4.57. The van der Waals surface area contributed by atoms with Crippen LogP contribution in [0.1, 0.15) is 39.0 Å². The van der Waals surface area contributed by atoms with Crippen LogP contribution in [-0.2, 0) is 4.74 Å². The van der Waals surface area contributed by atoms with Crippen LogP contribution >= 0.6 is 0 Å². The number of nitrogens with zero attached hydrogens (tertiary/aromatic N) is 1. The standard InChI is InChI=1S/C12H21NO/c1-11-5-9-4-10(6-11)8-12(7-9,14-11)13(2)3/h9-10H,4-8H2,1-3H3. The van der Waals surface area contributed by atoms with E-state index in [-0.39, 0.29) is 11.3 Å². The highest BCUT2D eigenvalue weighted by atomic mass is 16.5. The quantitative estimate of drug-likeness (QED) is 0.636. The topological polar surface area (TPSA) is 12.5 Å². The Bertz CT molecular complexity index is 247. The maximum atomic E-state index is 6.39. The summed E-state index contributed by atoms with van der Waals surface area (Å²) in [7, 11) is 4.35. The summed E-state index contributed by atoms with van der Waals surface area (Å²) in [5.74, 6) is 1.87. The van der Waals surface area contributed by atoms with E-state index in [1.807, 2.05) is 0 Å². The summed E-state index contributed by atoms with van der Waals surface area (Å²) in [4.78, 5) is 2.32. The predicted molar refractivity (Wildman–Crippen MR) is 56.0 cm³/mol. The Morgan fingerprint density at radius 1 is 1.07 bits per heavy atom. The fourth-order valence-corrected chi connectivity index (χ4v) is 4.32. The second kappa shape index (κ2) is 2.53. The molecule has 0 spiro atoms. The number of hydrogen-bond donors (Lipinski definition) is 0. The molecule has 2 aliphatic heterocycles. The average Bonchev–Trinajstić information content (AvgIpc) is 1.98. The summed E-state index contributed by atoms with van der Waals surface area (Å²) in [6.07, 6.45) is 6.62. The monoisotopic (exact) mass is 195 g/mol. The summed E-state index contributed by atoms with van der Waals surface area (Å²) in [6.45, 7) is 2.32. The first-order valence-electron chi connectivity index (χ1n) is 5.89. The van der Waals surface area contributed by atoms with Crippen molar-refractivity contribution in [1.29, 1.82) is 0 Å². The average molecular weight is 195 g/mol. The van der Waals surface area contributed by atoms with E-state index < -0.39 is 0 Å². The minimum Gasteiger partial charge on any atom is -0.354 e. The van der Waals surface area contributed by atoms with Crippen molar-refractivity contribution < 1.29 is 4.74 Å². The molecule has 4 fully saturated rings. The van der Waals surface area contributed by atoms with Crippen molar-refractivity contribution in [1.82, 2.24) is 4.90 Å². The molecular formula is C12H21NO. The van der Waals surface area contributed by atoms with Gasteiger partial charge in [0.25, 0.3) is 0 Å². The Kier molecular flexibility index (Phi) is 1.66. The van der Waals surface area contributed by atoms with E-state index in [0.717, 1.165) is 11.8 Å². The second-order valence-corrected chi connectivity index (χ2v) is 6.18. The van der Waals surface area contributed by atoms with E-state index in [1.165, 1.54) is 32.1 Å². The van der Waals surface area contributed by atoms with Gasteiger partial charge in [-0.25, -0.2) is 0 Å². The van der Waals surface area contributed by atoms with E-state index in [0.29, 0.717) is 0 Å². The van der Waals surface area contributed by atoms with Gasteiger partial charge in [-0.15, -0.1) is 0 Å². The SMILES string of the molecule is CN(C)C12CC3CC(CC(C)(C3)O1)C2. The van der Waals surface area contributed by atoms with Gasteiger partial charge in [0.15, 0.2) is 0 Å². The summed E-state index contributed by atoms with van der Waals surface area (Å²) >= 11 is 0. The lowest BCUT2D eigenvalue weighted by molar-refractivity contribution is -0.312. The number of ether oxygens (including phenoxy) is 1. The van der Waals surface area contributed by atoms with E-state index in [1.54, 1.807) is 0 Å². The minimum absolute atomic E-state index is 0.0961. The summed E-state index contributed by atoms with van der Waals surface area (Å²) < 4.78 is 6.39. The van der Waals surface area contributed by atoms with Crippen LogP contribution < -0.4 is 0 Å². The Labute approximate surface area is 86.6 Å². The van der Waals surface area contributed by atoms with Crippen LogP contribution in [0.15, 0.2) is 0 Å². The molecule has 2 nitrogen and oxygen atoms in total. The molecule has 2 atom stereocenters. The molecular weight excluding hydrogens is 174 g/mol. The third kappa shape index (κ3) is 1.10. The first-order valence-corrected chi connectivity index (χ1v) is 5.89. The van der Waals surface area contributed by atoms with Crippen molar-refractivity contribution in [3.05, 3.63) is 0 Å². The molecule has 0 N–H and O–H groups in total. The first-order chi connectivity index (χ1) is 6.51. The second-order valence-electron chi connectivity index (χ2n) is 6.18. The molecule has 0 radical (unpaired) electrons. The maximum Gasteiger partial charge on any atom is 0.122 e. The van der Waals surface area contributed by atoms with Crippen molar-refractivity contribution in [2.24, 2.45) is 11.8 Å². The van der Waals surface area contributed by atoms with Crippen molar-refractivity contribution >= 4 is 0 Å². The van der Waals surface area contributed by atoms with Gasteiger partial charge in [-0.3, -0.25) is 4.90 Å². The van der Waals surface area contributed by atoms with E-state index in [9.17, 15) is 0 Å². The fourth-order valence-electron chi connectivity index (χ4n) is 4.32. The van der Waals surface area contributed by atoms with Gasteiger partial charge >= 0.3 is 0 Å². The molecule has 4 aliphatic rings. The molecule has 2 unspecified atom stereocenters. The van der Waals surface area contributed by atoms with Crippen LogP contribution in [0.3, 0.4) is 0 Å². The minimum atomic E-state index is 0.0961. The lowest BCUT2D eigenvalue weighted by Gasteiger charge is -2.62. The number of hydrogen-bond acceptors (Lipinski definition) is 2. The molecule has 2 saturated heterocycles. The van der Waals surface area contributed by atoms with Gasteiger partial charge in [0.05, 0.1) is 5.60 Å². The van der Waals surface area contributed by atoms with Crippen molar-refractivity contribution in [3.63, 3.8) is 0 Å². The molecule has 14 heavy (non-hydrogen) atoms. The van der Waals surface area contributed by atoms with Gasteiger partial charge in [0.2, 0.25) is 0 Å². The van der Waals surface area contributed by atoms with Gasteiger partial charge in [0, 0.05) is 0 Å². The fraction of sp³-hybridized carbons (Fsp3) is 1.00. The molecule has 4 bridgehead atoms. The predicted octanol–water partition coefficient (Wildman–Crippen LogP) is 2.24. The van der Waals surface area contributed by atoms with Crippen LogP contribution in [0.25, 0.3) is 0 Å². The molecule has 2 heteroatoms. The molecule has 2 aliphatic carbocycles. The van der Waals surface area contributed by atoms with Crippen molar-refractivity contribution in [3.8, 4) is 0 Å². The first kappa shape index (κ1) is 9.17. The molecule has 4 rings (SSSR count). The van der Waals surface area contributed by atoms with Gasteiger partial charge in [0.1, 0.15) is 5.72 Å². The van der Waals surface area contributed by atoms with Crippen molar-refractivity contribution in [2.75, 3.05) is 14.1 Å². The number of rotatable bonds is 1. The third-order valence-electron chi connectivity index (χ3n) is 4.57. The Balaban J connectivity index is 1.96. The lowest BCUT2D eigenvalue weighted by Crippen LogP contribution is -2.65. The Morgan fingerprint density at radius 2 is 1.64 bits per heavy atom. The zero-order valence-corrected chi connectivity index (χ0v) is 9.55. The van der Waals surface area contributed by atoms with Crippen LogP contribution in [0.5, 0.6) is 0 Å².